The maximum atomic E-state index is 5.47. The second-order valence-electron chi connectivity index (χ2n) is 6.93. The van der Waals surface area contributed by atoms with E-state index in [0.717, 1.165) is 40.8 Å². The van der Waals surface area contributed by atoms with Gasteiger partial charge in [-0.2, -0.15) is 9.78 Å². The highest BCUT2D eigenvalue weighted by Gasteiger charge is 2.12. The molecule has 1 N–H and O–H groups in total. The summed E-state index contributed by atoms with van der Waals surface area (Å²) < 4.78 is 7.17. The lowest BCUT2D eigenvalue weighted by molar-refractivity contribution is 0.407. The van der Waals surface area contributed by atoms with E-state index in [-0.39, 0.29) is 5.92 Å². The van der Waals surface area contributed by atoms with Gasteiger partial charge in [0.25, 0.3) is 0 Å². The van der Waals surface area contributed by atoms with Gasteiger partial charge >= 0.3 is 0 Å². The maximum absolute atomic E-state index is 5.47. The van der Waals surface area contributed by atoms with Gasteiger partial charge in [-0.3, -0.25) is 0 Å². The smallest absolute Gasteiger partial charge is 0.156 e. The Morgan fingerprint density at radius 3 is 2.70 bits per heavy atom. The van der Waals surface area contributed by atoms with Crippen molar-refractivity contribution in [2.24, 2.45) is 0 Å². The number of nitrogens with zero attached hydrogens (tertiary/aromatic N) is 6. The van der Waals surface area contributed by atoms with E-state index in [1.165, 1.54) is 6.33 Å². The molecule has 1 aromatic carbocycles. The summed E-state index contributed by atoms with van der Waals surface area (Å²) >= 11 is 0. The topological polar surface area (TPSA) is 90.6 Å². The third-order valence-electron chi connectivity index (χ3n) is 4.90. The molecule has 0 saturated carbocycles. The van der Waals surface area contributed by atoms with Crippen LogP contribution in [0.15, 0.2) is 61.3 Å². The standard InChI is InChI=1S/C22H23N7O/c1-15(18-6-4-5-7-20(18)30-3)12-24-21-11-19(26-13-27-21)17-8-9-23-22(10-17)29-16(2)25-14-28-29/h4-11,13-15H,12H2,1-3H3,(H,24,26,27). The molecule has 0 aliphatic carbocycles. The van der Waals surface area contributed by atoms with Crippen molar-refractivity contribution in [1.82, 2.24) is 29.7 Å². The van der Waals surface area contributed by atoms with Gasteiger partial charge in [0.05, 0.1) is 12.8 Å². The zero-order valence-corrected chi connectivity index (χ0v) is 17.1. The fourth-order valence-electron chi connectivity index (χ4n) is 3.27. The first-order valence-electron chi connectivity index (χ1n) is 9.68. The Morgan fingerprint density at radius 1 is 1.03 bits per heavy atom. The van der Waals surface area contributed by atoms with Crippen LogP contribution in [0.3, 0.4) is 0 Å². The van der Waals surface area contributed by atoms with Gasteiger partial charge in [0.1, 0.15) is 30.0 Å². The lowest BCUT2D eigenvalue weighted by atomic mass is 10.00. The van der Waals surface area contributed by atoms with E-state index in [1.54, 1.807) is 24.3 Å². The Hall–Kier alpha value is -3.81. The van der Waals surface area contributed by atoms with E-state index in [1.807, 2.05) is 43.3 Å². The molecule has 0 fully saturated rings. The molecule has 3 heterocycles. The van der Waals surface area contributed by atoms with Crippen molar-refractivity contribution >= 4 is 5.82 Å². The van der Waals surface area contributed by atoms with Gasteiger partial charge in [0, 0.05) is 30.3 Å². The highest BCUT2D eigenvalue weighted by Crippen LogP contribution is 2.27. The fraction of sp³-hybridized carbons (Fsp3) is 0.227. The molecule has 8 heteroatoms. The molecule has 1 unspecified atom stereocenters. The molecule has 0 radical (unpaired) electrons. The van der Waals surface area contributed by atoms with Crippen LogP contribution >= 0.6 is 0 Å². The number of para-hydroxylation sites is 1. The van der Waals surface area contributed by atoms with Crippen molar-refractivity contribution in [1.29, 1.82) is 0 Å². The van der Waals surface area contributed by atoms with Crippen LogP contribution < -0.4 is 10.1 Å². The van der Waals surface area contributed by atoms with E-state index < -0.39 is 0 Å². The summed E-state index contributed by atoms with van der Waals surface area (Å²) in [6, 6.07) is 13.8. The van der Waals surface area contributed by atoms with Gasteiger partial charge in [-0.1, -0.05) is 25.1 Å². The minimum atomic E-state index is 0.252. The number of methoxy groups -OCH3 is 1. The molecule has 30 heavy (non-hydrogen) atoms. The highest BCUT2D eigenvalue weighted by atomic mass is 16.5. The summed E-state index contributed by atoms with van der Waals surface area (Å²) in [7, 11) is 1.69. The van der Waals surface area contributed by atoms with Gasteiger partial charge in [-0.15, -0.1) is 0 Å². The Labute approximate surface area is 175 Å². The molecule has 0 bridgehead atoms. The predicted molar refractivity (Wildman–Crippen MR) is 115 cm³/mol. The molecule has 4 rings (SSSR count). The van der Waals surface area contributed by atoms with Crippen LogP contribution in [-0.4, -0.2) is 43.4 Å². The molecule has 8 nitrogen and oxygen atoms in total. The number of nitrogens with one attached hydrogen (secondary N) is 1. The number of aromatic nitrogens is 6. The van der Waals surface area contributed by atoms with E-state index >= 15 is 0 Å². The Bertz CT molecular complexity index is 1140. The minimum Gasteiger partial charge on any atom is -0.496 e. The summed E-state index contributed by atoms with van der Waals surface area (Å²) in [6.07, 6.45) is 4.82. The number of hydrogen-bond donors (Lipinski definition) is 1. The van der Waals surface area contributed by atoms with E-state index in [2.05, 4.69) is 43.3 Å². The first kappa shape index (κ1) is 19.5. The first-order chi connectivity index (χ1) is 14.7. The molecule has 0 saturated heterocycles. The Kier molecular flexibility index (Phi) is 5.65. The average molecular weight is 401 g/mol. The van der Waals surface area contributed by atoms with Gasteiger partial charge in [0.15, 0.2) is 5.82 Å². The summed E-state index contributed by atoms with van der Waals surface area (Å²) in [4.78, 5) is 17.3. The van der Waals surface area contributed by atoms with Crippen LogP contribution in [0.25, 0.3) is 17.1 Å². The number of aryl methyl sites for hydroxylation is 1. The maximum Gasteiger partial charge on any atom is 0.156 e. The lowest BCUT2D eigenvalue weighted by Crippen LogP contribution is -2.12. The molecule has 0 aliphatic heterocycles. The number of rotatable bonds is 7. The molecule has 0 spiro atoms. The third kappa shape index (κ3) is 4.12. The van der Waals surface area contributed by atoms with E-state index in [4.69, 9.17) is 4.74 Å². The molecule has 0 amide bonds. The van der Waals surface area contributed by atoms with Gasteiger partial charge < -0.3 is 10.1 Å². The van der Waals surface area contributed by atoms with Crippen molar-refractivity contribution in [2.75, 3.05) is 19.0 Å². The van der Waals surface area contributed by atoms with Crippen molar-refractivity contribution in [3.8, 4) is 22.8 Å². The summed E-state index contributed by atoms with van der Waals surface area (Å²) in [6.45, 7) is 4.76. The van der Waals surface area contributed by atoms with Crippen LogP contribution in [0.2, 0.25) is 0 Å². The minimum absolute atomic E-state index is 0.252. The van der Waals surface area contributed by atoms with E-state index in [9.17, 15) is 0 Å². The second-order valence-corrected chi connectivity index (χ2v) is 6.93. The molecule has 0 aliphatic rings. The molecule has 3 aromatic heterocycles. The Balaban J connectivity index is 1.52. The first-order valence-corrected chi connectivity index (χ1v) is 9.68. The predicted octanol–water partition coefficient (Wildman–Crippen LogP) is 3.65. The zero-order chi connectivity index (χ0) is 20.9. The highest BCUT2D eigenvalue weighted by molar-refractivity contribution is 5.63. The monoisotopic (exact) mass is 401 g/mol. The van der Waals surface area contributed by atoms with Gasteiger partial charge in [0.2, 0.25) is 0 Å². The SMILES string of the molecule is COc1ccccc1C(C)CNc1cc(-c2ccnc(-n3ncnc3C)c2)ncn1. The van der Waals surface area contributed by atoms with Crippen molar-refractivity contribution in [2.45, 2.75) is 19.8 Å². The number of anilines is 1. The van der Waals surface area contributed by atoms with Crippen LogP contribution in [0.1, 0.15) is 24.2 Å². The summed E-state index contributed by atoms with van der Waals surface area (Å²) in [5, 5.41) is 7.62. The second kappa shape index (κ2) is 8.69. The van der Waals surface area contributed by atoms with Crippen LogP contribution in [-0.2, 0) is 0 Å². The number of ether oxygens (including phenoxy) is 1. The Morgan fingerprint density at radius 2 is 1.90 bits per heavy atom. The number of pyridine rings is 1. The third-order valence-corrected chi connectivity index (χ3v) is 4.90. The lowest BCUT2D eigenvalue weighted by Gasteiger charge is -2.16. The molecular weight excluding hydrogens is 378 g/mol. The number of benzene rings is 1. The molecular formula is C22H23N7O. The average Bonchev–Trinajstić information content (AvgIpc) is 3.23. The molecule has 1 atom stereocenters. The zero-order valence-electron chi connectivity index (χ0n) is 17.1. The molecule has 152 valence electrons. The van der Waals surface area contributed by atoms with Crippen molar-refractivity contribution < 1.29 is 4.74 Å². The van der Waals surface area contributed by atoms with Gasteiger partial charge in [-0.25, -0.2) is 19.9 Å². The molecule has 4 aromatic rings. The van der Waals surface area contributed by atoms with Gasteiger partial charge in [-0.05, 0) is 30.7 Å². The fourth-order valence-corrected chi connectivity index (χ4v) is 3.27. The number of hydrogen-bond acceptors (Lipinski definition) is 7. The van der Waals surface area contributed by atoms with Crippen LogP contribution in [0.4, 0.5) is 5.82 Å². The van der Waals surface area contributed by atoms with Crippen LogP contribution in [0, 0.1) is 6.92 Å². The van der Waals surface area contributed by atoms with Crippen molar-refractivity contribution in [3.05, 3.63) is 72.7 Å². The van der Waals surface area contributed by atoms with E-state index in [0.29, 0.717) is 5.82 Å². The summed E-state index contributed by atoms with van der Waals surface area (Å²) in [5.41, 5.74) is 2.89. The van der Waals surface area contributed by atoms with Crippen LogP contribution in [0.5, 0.6) is 5.75 Å². The quantitative estimate of drug-likeness (QED) is 0.505. The largest absolute Gasteiger partial charge is 0.496 e. The normalized spacial score (nSPS) is 11.8. The van der Waals surface area contributed by atoms with Crippen molar-refractivity contribution in [3.63, 3.8) is 0 Å². The summed E-state index contributed by atoms with van der Waals surface area (Å²) in [5.74, 6) is 3.37.